The third kappa shape index (κ3) is 2.91. The molecule has 0 aromatic carbocycles. The Balaban J connectivity index is 2.14. The molecule has 4 nitrogen and oxygen atoms in total. The van der Waals surface area contributed by atoms with Crippen LogP contribution in [0.15, 0.2) is 0 Å². The molecule has 2 amide bonds. The monoisotopic (exact) mass is 284 g/mol. The second-order valence-electron chi connectivity index (χ2n) is 5.65. The maximum Gasteiger partial charge on any atom is 0.248 e. The summed E-state index contributed by atoms with van der Waals surface area (Å²) < 4.78 is 0. The molecule has 0 aromatic heterocycles. The van der Waals surface area contributed by atoms with Crippen molar-refractivity contribution in [3.8, 4) is 0 Å². The van der Waals surface area contributed by atoms with Crippen LogP contribution in [0.25, 0.3) is 0 Å². The molecule has 1 N–H and O–H groups in total. The Morgan fingerprint density at radius 3 is 2.58 bits per heavy atom. The van der Waals surface area contributed by atoms with Gasteiger partial charge in [0.25, 0.3) is 0 Å². The number of carbonyl (C=O) groups excluding carboxylic acids is 2. The van der Waals surface area contributed by atoms with Gasteiger partial charge in [-0.1, -0.05) is 13.8 Å². The molecule has 19 heavy (non-hydrogen) atoms. The minimum atomic E-state index is -0.709. The van der Waals surface area contributed by atoms with Crippen LogP contribution in [0.1, 0.15) is 40.0 Å². The van der Waals surface area contributed by atoms with E-state index in [1.54, 1.807) is 0 Å². The van der Waals surface area contributed by atoms with Crippen LogP contribution < -0.4 is 5.32 Å². The molecule has 108 valence electrons. The van der Waals surface area contributed by atoms with Gasteiger partial charge >= 0.3 is 0 Å². The minimum absolute atomic E-state index is 0.0490. The standard InChI is InChI=1S/C14H24N2O2S/c1-4-14(3)13(18)16(8-9-19-5-2)11(10-6-7-10)12(17)15-14/h10-11H,4-9H2,1-3H3,(H,15,17). The van der Waals surface area contributed by atoms with E-state index in [2.05, 4.69) is 12.2 Å². The van der Waals surface area contributed by atoms with Gasteiger partial charge in [0.15, 0.2) is 0 Å². The fraction of sp³-hybridized carbons (Fsp3) is 0.857. The van der Waals surface area contributed by atoms with Gasteiger partial charge in [0.1, 0.15) is 11.6 Å². The van der Waals surface area contributed by atoms with Gasteiger partial charge in [-0.25, -0.2) is 0 Å². The highest BCUT2D eigenvalue weighted by Crippen LogP contribution is 2.38. The van der Waals surface area contributed by atoms with Crippen molar-refractivity contribution in [1.82, 2.24) is 10.2 Å². The van der Waals surface area contributed by atoms with Gasteiger partial charge in [-0.05, 0) is 37.9 Å². The summed E-state index contributed by atoms with van der Waals surface area (Å²) in [5.74, 6) is 2.50. The van der Waals surface area contributed by atoms with Crippen molar-refractivity contribution in [2.45, 2.75) is 51.6 Å². The van der Waals surface area contributed by atoms with Crippen molar-refractivity contribution in [2.24, 2.45) is 5.92 Å². The first-order valence-electron chi connectivity index (χ1n) is 7.24. The lowest BCUT2D eigenvalue weighted by molar-refractivity contribution is -0.155. The molecule has 1 heterocycles. The van der Waals surface area contributed by atoms with E-state index in [1.807, 2.05) is 30.5 Å². The Hall–Kier alpha value is -0.710. The number of thioether (sulfide) groups is 1. The molecule has 0 bridgehead atoms. The lowest BCUT2D eigenvalue weighted by Crippen LogP contribution is -2.69. The average Bonchev–Trinajstić information content (AvgIpc) is 3.20. The number of hydrogen-bond acceptors (Lipinski definition) is 3. The Morgan fingerprint density at radius 2 is 2.05 bits per heavy atom. The van der Waals surface area contributed by atoms with Crippen molar-refractivity contribution < 1.29 is 9.59 Å². The summed E-state index contributed by atoms with van der Waals surface area (Å²) >= 11 is 1.82. The molecule has 0 radical (unpaired) electrons. The summed E-state index contributed by atoms with van der Waals surface area (Å²) in [6.45, 7) is 6.61. The summed E-state index contributed by atoms with van der Waals surface area (Å²) in [6, 6.07) is -0.218. The van der Waals surface area contributed by atoms with E-state index in [4.69, 9.17) is 0 Å². The van der Waals surface area contributed by atoms with Crippen molar-refractivity contribution in [3.63, 3.8) is 0 Å². The quantitative estimate of drug-likeness (QED) is 0.755. The van der Waals surface area contributed by atoms with Gasteiger partial charge in [0, 0.05) is 12.3 Å². The summed E-state index contributed by atoms with van der Waals surface area (Å²) in [7, 11) is 0. The molecule has 1 saturated heterocycles. The van der Waals surface area contributed by atoms with E-state index in [-0.39, 0.29) is 17.9 Å². The minimum Gasteiger partial charge on any atom is -0.340 e. The van der Waals surface area contributed by atoms with Crippen LogP contribution in [0.5, 0.6) is 0 Å². The molecular formula is C14H24N2O2S. The van der Waals surface area contributed by atoms with Crippen molar-refractivity contribution in [1.29, 1.82) is 0 Å². The van der Waals surface area contributed by atoms with E-state index in [0.29, 0.717) is 18.9 Å². The molecule has 2 aliphatic rings. The summed E-state index contributed by atoms with van der Waals surface area (Å²) in [4.78, 5) is 26.8. The highest BCUT2D eigenvalue weighted by molar-refractivity contribution is 7.99. The first-order chi connectivity index (χ1) is 9.03. The maximum absolute atomic E-state index is 12.7. The Bertz CT molecular complexity index is 370. The smallest absolute Gasteiger partial charge is 0.248 e. The zero-order chi connectivity index (χ0) is 14.0. The van der Waals surface area contributed by atoms with E-state index in [1.165, 1.54) is 0 Å². The van der Waals surface area contributed by atoms with Gasteiger partial charge in [-0.2, -0.15) is 11.8 Å². The first kappa shape index (κ1) is 14.7. The first-order valence-corrected chi connectivity index (χ1v) is 8.39. The third-order valence-corrected chi connectivity index (χ3v) is 5.07. The zero-order valence-electron chi connectivity index (χ0n) is 12.1. The maximum atomic E-state index is 12.7. The van der Waals surface area contributed by atoms with Crippen LogP contribution in [0.2, 0.25) is 0 Å². The topological polar surface area (TPSA) is 49.4 Å². The van der Waals surface area contributed by atoms with Gasteiger partial charge in [0.2, 0.25) is 11.8 Å². The zero-order valence-corrected chi connectivity index (χ0v) is 12.9. The lowest BCUT2D eigenvalue weighted by Gasteiger charge is -2.44. The van der Waals surface area contributed by atoms with E-state index in [0.717, 1.165) is 24.3 Å². The van der Waals surface area contributed by atoms with Crippen LogP contribution in [-0.2, 0) is 9.59 Å². The molecule has 2 fully saturated rings. The second-order valence-corrected chi connectivity index (χ2v) is 7.05. The molecule has 5 heteroatoms. The number of piperazine rings is 1. The average molecular weight is 284 g/mol. The van der Waals surface area contributed by atoms with E-state index >= 15 is 0 Å². The second kappa shape index (κ2) is 5.73. The molecule has 1 saturated carbocycles. The molecule has 2 atom stereocenters. The fourth-order valence-electron chi connectivity index (χ4n) is 2.65. The molecule has 1 aliphatic carbocycles. The van der Waals surface area contributed by atoms with Crippen LogP contribution >= 0.6 is 11.8 Å². The van der Waals surface area contributed by atoms with Crippen LogP contribution in [-0.4, -0.2) is 46.3 Å². The molecule has 1 aliphatic heterocycles. The fourth-order valence-corrected chi connectivity index (χ4v) is 3.27. The predicted molar refractivity (Wildman–Crippen MR) is 78.1 cm³/mol. The number of hydrogen-bond donors (Lipinski definition) is 1. The summed E-state index contributed by atoms with van der Waals surface area (Å²) in [6.07, 6.45) is 2.80. The van der Waals surface area contributed by atoms with E-state index < -0.39 is 5.54 Å². The summed E-state index contributed by atoms with van der Waals surface area (Å²) in [5, 5.41) is 2.95. The van der Waals surface area contributed by atoms with Gasteiger partial charge in [-0.3, -0.25) is 9.59 Å². The van der Waals surface area contributed by atoms with Gasteiger partial charge < -0.3 is 10.2 Å². The number of nitrogens with zero attached hydrogens (tertiary/aromatic N) is 1. The van der Waals surface area contributed by atoms with E-state index in [9.17, 15) is 9.59 Å². The molecule has 2 rings (SSSR count). The Labute approximate surface area is 119 Å². The number of carbonyl (C=O) groups is 2. The predicted octanol–water partition coefficient (Wildman–Crippen LogP) is 1.65. The van der Waals surface area contributed by atoms with Crippen LogP contribution in [0.3, 0.4) is 0 Å². The molecule has 0 aromatic rings. The van der Waals surface area contributed by atoms with Gasteiger partial charge in [-0.15, -0.1) is 0 Å². The highest BCUT2D eigenvalue weighted by Gasteiger charge is 2.51. The SMILES string of the molecule is CCSCCN1C(=O)C(C)(CC)NC(=O)C1C1CC1. The number of nitrogens with one attached hydrogen (secondary N) is 1. The normalized spacial score (nSPS) is 31.5. The van der Waals surface area contributed by atoms with Crippen LogP contribution in [0, 0.1) is 5.92 Å². The molecule has 2 unspecified atom stereocenters. The highest BCUT2D eigenvalue weighted by atomic mass is 32.2. The van der Waals surface area contributed by atoms with Crippen LogP contribution in [0.4, 0.5) is 0 Å². The number of amides is 2. The third-order valence-electron chi connectivity index (χ3n) is 4.19. The molecule has 0 spiro atoms. The van der Waals surface area contributed by atoms with Crippen molar-refractivity contribution in [3.05, 3.63) is 0 Å². The Morgan fingerprint density at radius 1 is 1.37 bits per heavy atom. The van der Waals surface area contributed by atoms with Gasteiger partial charge in [0.05, 0.1) is 0 Å². The molecular weight excluding hydrogens is 260 g/mol. The summed E-state index contributed by atoms with van der Waals surface area (Å²) in [5.41, 5.74) is -0.709. The lowest BCUT2D eigenvalue weighted by atomic mass is 9.90. The Kier molecular flexibility index (Phi) is 4.43. The largest absolute Gasteiger partial charge is 0.340 e. The van der Waals surface area contributed by atoms with Crippen molar-refractivity contribution in [2.75, 3.05) is 18.1 Å². The number of rotatable bonds is 6. The van der Waals surface area contributed by atoms with Crippen molar-refractivity contribution >= 4 is 23.6 Å².